The fourth-order valence-electron chi connectivity index (χ4n) is 3.17. The molecule has 3 aromatic carbocycles. The van der Waals surface area contributed by atoms with Gasteiger partial charge in [-0.1, -0.05) is 12.1 Å². The van der Waals surface area contributed by atoms with E-state index in [0.717, 1.165) is 0 Å². The van der Waals surface area contributed by atoms with E-state index in [0.29, 0.717) is 17.9 Å². The monoisotopic (exact) mass is 462 g/mol. The average molecular weight is 462 g/mol. The van der Waals surface area contributed by atoms with E-state index in [4.69, 9.17) is 14.2 Å². The van der Waals surface area contributed by atoms with Crippen LogP contribution in [0.2, 0.25) is 0 Å². The number of fused-ring (bicyclic) bond motifs is 1. The van der Waals surface area contributed by atoms with Crippen molar-refractivity contribution in [2.24, 2.45) is 0 Å². The molecule has 1 heterocycles. The zero-order valence-electron chi connectivity index (χ0n) is 17.1. The van der Waals surface area contributed by atoms with Gasteiger partial charge >= 0.3 is 0 Å². The van der Waals surface area contributed by atoms with Crippen molar-refractivity contribution >= 4 is 11.9 Å². The smallest absolute Gasteiger partial charge is 0.231 e. The zero-order valence-corrected chi connectivity index (χ0v) is 17.1. The summed E-state index contributed by atoms with van der Waals surface area (Å²) in [5, 5.41) is 0. The van der Waals surface area contributed by atoms with Gasteiger partial charge in [-0.3, -0.25) is 4.79 Å². The standard InChI is InChI=1S/C24H15F5O4/c1-2-31-13-5-3-12(4-6-13)9-18-24(30)15-8-7-14(10-17(15)33-18)32-11-16-19(25)21(27)23(29)22(28)20(16)26/h3-10H,2,11H2,1H3/b18-9-. The van der Waals surface area contributed by atoms with E-state index in [9.17, 15) is 26.7 Å². The minimum Gasteiger partial charge on any atom is -0.494 e. The van der Waals surface area contributed by atoms with Crippen LogP contribution in [0.15, 0.2) is 48.2 Å². The molecule has 4 rings (SSSR count). The Kier molecular flexibility index (Phi) is 6.04. The predicted molar refractivity (Wildman–Crippen MR) is 108 cm³/mol. The molecular weight excluding hydrogens is 447 g/mol. The molecule has 0 atom stereocenters. The fourth-order valence-corrected chi connectivity index (χ4v) is 3.17. The lowest BCUT2D eigenvalue weighted by atomic mass is 10.1. The van der Waals surface area contributed by atoms with Crippen LogP contribution in [0.5, 0.6) is 17.2 Å². The Hall–Kier alpha value is -3.88. The zero-order chi connectivity index (χ0) is 23.7. The van der Waals surface area contributed by atoms with Crippen LogP contribution in [0, 0.1) is 29.1 Å². The summed E-state index contributed by atoms with van der Waals surface area (Å²) in [6.07, 6.45) is 1.54. The third-order valence-corrected chi connectivity index (χ3v) is 4.81. The molecule has 3 aromatic rings. The first kappa shape index (κ1) is 22.3. The minimum atomic E-state index is -2.25. The van der Waals surface area contributed by atoms with E-state index < -0.39 is 41.3 Å². The fraction of sp³-hybridized carbons (Fsp3) is 0.125. The third kappa shape index (κ3) is 4.26. The number of hydrogen-bond acceptors (Lipinski definition) is 4. The molecule has 0 aliphatic carbocycles. The second-order valence-electron chi connectivity index (χ2n) is 6.94. The maximum Gasteiger partial charge on any atom is 0.231 e. The molecule has 0 amide bonds. The molecule has 9 heteroatoms. The van der Waals surface area contributed by atoms with Crippen LogP contribution in [0.4, 0.5) is 22.0 Å². The Bertz CT molecular complexity index is 1240. The van der Waals surface area contributed by atoms with E-state index in [1.165, 1.54) is 24.3 Å². The Balaban J connectivity index is 1.52. The molecular formula is C24H15F5O4. The highest BCUT2D eigenvalue weighted by Crippen LogP contribution is 2.35. The van der Waals surface area contributed by atoms with Gasteiger partial charge in [0.25, 0.3) is 0 Å². The molecule has 4 nitrogen and oxygen atoms in total. The molecule has 0 saturated heterocycles. The molecule has 0 unspecified atom stereocenters. The van der Waals surface area contributed by atoms with E-state index in [2.05, 4.69) is 0 Å². The number of carbonyl (C=O) groups is 1. The number of rotatable bonds is 6. The molecule has 0 saturated carbocycles. The summed E-state index contributed by atoms with van der Waals surface area (Å²) in [6, 6.07) is 11.0. The summed E-state index contributed by atoms with van der Waals surface area (Å²) < 4.78 is 83.6. The lowest BCUT2D eigenvalue weighted by molar-refractivity contribution is 0.101. The van der Waals surface area contributed by atoms with Crippen molar-refractivity contribution in [1.29, 1.82) is 0 Å². The highest BCUT2D eigenvalue weighted by atomic mass is 19.2. The van der Waals surface area contributed by atoms with E-state index in [-0.39, 0.29) is 28.6 Å². The lowest BCUT2D eigenvalue weighted by Gasteiger charge is -2.10. The molecule has 1 aliphatic heterocycles. The van der Waals surface area contributed by atoms with Crippen molar-refractivity contribution in [3.05, 3.63) is 94.0 Å². The number of allylic oxidation sites excluding steroid dienone is 1. The summed E-state index contributed by atoms with van der Waals surface area (Å²) in [6.45, 7) is 1.46. The van der Waals surface area contributed by atoms with Gasteiger partial charge in [-0.2, -0.15) is 0 Å². The molecule has 0 radical (unpaired) electrons. The van der Waals surface area contributed by atoms with Gasteiger partial charge in [0.05, 0.1) is 17.7 Å². The van der Waals surface area contributed by atoms with Crippen LogP contribution < -0.4 is 14.2 Å². The Morgan fingerprint density at radius 3 is 2.06 bits per heavy atom. The predicted octanol–water partition coefficient (Wildman–Crippen LogP) is 5.98. The van der Waals surface area contributed by atoms with Gasteiger partial charge in [0.2, 0.25) is 11.6 Å². The number of hydrogen-bond donors (Lipinski definition) is 0. The first-order chi connectivity index (χ1) is 15.8. The number of ether oxygens (including phenoxy) is 3. The molecule has 0 fully saturated rings. The second kappa shape index (κ2) is 8.93. The summed E-state index contributed by atoms with van der Waals surface area (Å²) in [5.74, 6) is -9.82. The number of benzene rings is 3. The van der Waals surface area contributed by atoms with Gasteiger partial charge < -0.3 is 14.2 Å². The third-order valence-electron chi connectivity index (χ3n) is 4.81. The molecule has 0 N–H and O–H groups in total. The van der Waals surface area contributed by atoms with E-state index >= 15 is 0 Å². The number of carbonyl (C=O) groups excluding carboxylic acids is 1. The Labute approximate surface area is 184 Å². The van der Waals surface area contributed by atoms with Crippen LogP contribution in [0.25, 0.3) is 6.08 Å². The molecule has 0 bridgehead atoms. The van der Waals surface area contributed by atoms with Crippen molar-refractivity contribution in [1.82, 2.24) is 0 Å². The minimum absolute atomic E-state index is 0.00723. The average Bonchev–Trinajstić information content (AvgIpc) is 3.12. The van der Waals surface area contributed by atoms with Crippen LogP contribution >= 0.6 is 0 Å². The summed E-state index contributed by atoms with van der Waals surface area (Å²) in [4.78, 5) is 12.6. The van der Waals surface area contributed by atoms with E-state index in [1.807, 2.05) is 6.92 Å². The van der Waals surface area contributed by atoms with Gasteiger partial charge in [-0.05, 0) is 42.8 Å². The van der Waals surface area contributed by atoms with Crippen molar-refractivity contribution in [2.75, 3.05) is 6.61 Å². The van der Waals surface area contributed by atoms with Crippen LogP contribution in [-0.2, 0) is 6.61 Å². The maximum absolute atomic E-state index is 13.8. The highest BCUT2D eigenvalue weighted by molar-refractivity contribution is 6.14. The topological polar surface area (TPSA) is 44.8 Å². The normalized spacial score (nSPS) is 13.8. The molecule has 170 valence electrons. The van der Waals surface area contributed by atoms with Gasteiger partial charge in [0.1, 0.15) is 23.9 Å². The van der Waals surface area contributed by atoms with Gasteiger partial charge in [0.15, 0.2) is 29.0 Å². The highest BCUT2D eigenvalue weighted by Gasteiger charge is 2.29. The number of Topliss-reactive ketones (excluding diaryl/α,β-unsaturated/α-hetero) is 1. The van der Waals surface area contributed by atoms with Crippen molar-refractivity contribution in [2.45, 2.75) is 13.5 Å². The second-order valence-corrected chi connectivity index (χ2v) is 6.94. The van der Waals surface area contributed by atoms with Gasteiger partial charge in [-0.25, -0.2) is 22.0 Å². The van der Waals surface area contributed by atoms with Gasteiger partial charge in [-0.15, -0.1) is 0 Å². The van der Waals surface area contributed by atoms with Gasteiger partial charge in [0, 0.05) is 6.07 Å². The summed E-state index contributed by atoms with van der Waals surface area (Å²) >= 11 is 0. The Morgan fingerprint density at radius 2 is 1.42 bits per heavy atom. The maximum atomic E-state index is 13.8. The number of halogens is 5. The molecule has 0 spiro atoms. The first-order valence-corrected chi connectivity index (χ1v) is 9.74. The van der Waals surface area contributed by atoms with Crippen LogP contribution in [0.3, 0.4) is 0 Å². The van der Waals surface area contributed by atoms with Crippen molar-refractivity contribution in [3.8, 4) is 17.2 Å². The van der Waals surface area contributed by atoms with Crippen LogP contribution in [-0.4, -0.2) is 12.4 Å². The Morgan fingerprint density at radius 1 is 0.818 bits per heavy atom. The van der Waals surface area contributed by atoms with E-state index in [1.54, 1.807) is 24.3 Å². The summed E-state index contributed by atoms with van der Waals surface area (Å²) in [5.41, 5.74) is -0.187. The van der Waals surface area contributed by atoms with Crippen molar-refractivity contribution < 1.29 is 41.0 Å². The largest absolute Gasteiger partial charge is 0.494 e. The molecule has 1 aliphatic rings. The number of ketones is 1. The van der Waals surface area contributed by atoms with Crippen molar-refractivity contribution in [3.63, 3.8) is 0 Å². The quantitative estimate of drug-likeness (QED) is 0.196. The van der Waals surface area contributed by atoms with Crippen LogP contribution in [0.1, 0.15) is 28.4 Å². The summed E-state index contributed by atoms with van der Waals surface area (Å²) in [7, 11) is 0. The SMILES string of the molecule is CCOc1ccc(/C=C2\Oc3cc(OCc4c(F)c(F)c(F)c(F)c4F)ccc3C2=O)cc1. The molecule has 0 aromatic heterocycles. The lowest BCUT2D eigenvalue weighted by Crippen LogP contribution is -2.09. The molecule has 33 heavy (non-hydrogen) atoms. The first-order valence-electron chi connectivity index (χ1n) is 9.74.